The summed E-state index contributed by atoms with van der Waals surface area (Å²) in [5, 5.41) is 16.4. The van der Waals surface area contributed by atoms with Crippen molar-refractivity contribution in [3.05, 3.63) is 59.2 Å². The van der Waals surface area contributed by atoms with Gasteiger partial charge in [-0.15, -0.1) is 0 Å². The number of phenols is 1. The molecule has 2 aromatic carbocycles. The van der Waals surface area contributed by atoms with Crippen molar-refractivity contribution in [2.75, 3.05) is 5.32 Å². The molecule has 0 aliphatic carbocycles. The number of benzene rings is 2. The summed E-state index contributed by atoms with van der Waals surface area (Å²) in [6.45, 7) is 14.1. The van der Waals surface area contributed by atoms with Gasteiger partial charge in [-0.3, -0.25) is 9.59 Å². The van der Waals surface area contributed by atoms with E-state index in [1.165, 1.54) is 4.90 Å². The van der Waals surface area contributed by atoms with Crippen molar-refractivity contribution in [2.24, 2.45) is 0 Å². The minimum Gasteiger partial charge on any atom is -0.507 e. The van der Waals surface area contributed by atoms with E-state index in [-0.39, 0.29) is 11.8 Å². The molecule has 0 spiro atoms. The molecule has 8 heteroatoms. The maximum Gasteiger partial charge on any atom is 0.408 e. The second-order valence-electron chi connectivity index (χ2n) is 10.1. The number of alkyl carbamates (subject to hydrolysis) is 1. The predicted molar refractivity (Wildman–Crippen MR) is 141 cm³/mol. The molecule has 2 aromatic rings. The van der Waals surface area contributed by atoms with E-state index < -0.39 is 35.6 Å². The van der Waals surface area contributed by atoms with Gasteiger partial charge in [-0.1, -0.05) is 43.3 Å². The van der Waals surface area contributed by atoms with E-state index in [1.807, 2.05) is 39.0 Å². The van der Waals surface area contributed by atoms with Crippen molar-refractivity contribution < 1.29 is 24.2 Å². The van der Waals surface area contributed by atoms with E-state index in [2.05, 4.69) is 10.6 Å². The van der Waals surface area contributed by atoms with Gasteiger partial charge in [0, 0.05) is 17.3 Å². The summed E-state index contributed by atoms with van der Waals surface area (Å²) in [6, 6.07) is 9.94. The molecule has 196 valence electrons. The Morgan fingerprint density at radius 3 is 2.19 bits per heavy atom. The minimum absolute atomic E-state index is 0.0590. The number of carbonyl (C=O) groups excluding carboxylic acids is 3. The molecule has 0 fully saturated rings. The fraction of sp³-hybridized carbons (Fsp3) is 0.464. The topological polar surface area (TPSA) is 108 Å². The second-order valence-corrected chi connectivity index (χ2v) is 10.1. The maximum atomic E-state index is 13.8. The molecule has 0 saturated heterocycles. The molecular weight excluding hydrogens is 458 g/mol. The van der Waals surface area contributed by atoms with Crippen LogP contribution in [0.25, 0.3) is 0 Å². The van der Waals surface area contributed by atoms with Crippen LogP contribution in [-0.2, 0) is 14.3 Å². The number of aryl methyl sites for hydroxylation is 2. The fourth-order valence-electron chi connectivity index (χ4n) is 3.80. The highest BCUT2D eigenvalue weighted by Crippen LogP contribution is 2.34. The smallest absolute Gasteiger partial charge is 0.408 e. The molecule has 36 heavy (non-hydrogen) atoms. The number of ether oxygens (including phenoxy) is 1. The summed E-state index contributed by atoms with van der Waals surface area (Å²) < 4.78 is 5.30. The highest BCUT2D eigenvalue weighted by atomic mass is 16.6. The number of phenolic OH excluding ortho intramolecular Hbond substituents is 1. The Bertz CT molecular complexity index is 1090. The van der Waals surface area contributed by atoms with Crippen LogP contribution in [0.3, 0.4) is 0 Å². The first-order valence-corrected chi connectivity index (χ1v) is 12.2. The van der Waals surface area contributed by atoms with Crippen molar-refractivity contribution >= 4 is 23.6 Å². The van der Waals surface area contributed by atoms with Crippen molar-refractivity contribution in [1.29, 1.82) is 0 Å². The van der Waals surface area contributed by atoms with E-state index >= 15 is 0 Å². The zero-order chi connectivity index (χ0) is 27.2. The Hall–Kier alpha value is -3.55. The molecule has 0 aliphatic heterocycles. The third kappa shape index (κ3) is 7.23. The van der Waals surface area contributed by atoms with Gasteiger partial charge in [0.1, 0.15) is 23.4 Å². The Morgan fingerprint density at radius 1 is 1.00 bits per heavy atom. The molecule has 0 bridgehead atoms. The van der Waals surface area contributed by atoms with E-state index in [4.69, 9.17) is 4.74 Å². The average molecular weight is 498 g/mol. The molecule has 0 aromatic heterocycles. The number of amides is 3. The van der Waals surface area contributed by atoms with E-state index in [0.717, 1.165) is 5.56 Å². The van der Waals surface area contributed by atoms with Gasteiger partial charge in [-0.2, -0.15) is 0 Å². The van der Waals surface area contributed by atoms with Crippen LogP contribution in [0.4, 0.5) is 10.5 Å². The van der Waals surface area contributed by atoms with Crippen LogP contribution in [0.15, 0.2) is 42.5 Å². The number of para-hydroxylation sites is 2. The van der Waals surface area contributed by atoms with E-state index in [0.29, 0.717) is 23.2 Å². The van der Waals surface area contributed by atoms with Crippen molar-refractivity contribution in [3.63, 3.8) is 0 Å². The number of rotatable bonds is 8. The number of carbonyl (C=O) groups is 3. The third-order valence-electron chi connectivity index (χ3n) is 5.92. The molecule has 0 saturated carbocycles. The van der Waals surface area contributed by atoms with Crippen LogP contribution in [0.2, 0.25) is 0 Å². The molecule has 0 heterocycles. The van der Waals surface area contributed by atoms with Gasteiger partial charge in [0.15, 0.2) is 0 Å². The standard InChI is InChI=1S/C28H39N3O5/c1-9-19(4)31(26(34)20(5)29-27(35)36-28(6,7)8)23(21-15-12-14-18(3)24(21)32)25(33)30-22-16-11-10-13-17(22)2/h10-16,19-20,23,32H,9H2,1-8H3,(H,29,35)(H,30,33). The molecule has 3 atom stereocenters. The minimum atomic E-state index is -1.14. The lowest BCUT2D eigenvalue weighted by Gasteiger charge is -2.38. The number of hydrogen-bond donors (Lipinski definition) is 3. The lowest BCUT2D eigenvalue weighted by Crippen LogP contribution is -2.53. The Balaban J connectivity index is 2.53. The highest BCUT2D eigenvalue weighted by Gasteiger charge is 2.38. The Labute approximate surface area is 214 Å². The van der Waals surface area contributed by atoms with Crippen LogP contribution in [0.1, 0.15) is 70.7 Å². The molecule has 3 unspecified atom stereocenters. The SMILES string of the molecule is CCC(C)N(C(=O)C(C)NC(=O)OC(C)(C)C)C(C(=O)Nc1ccccc1C)c1cccc(C)c1O. The van der Waals surface area contributed by atoms with Crippen molar-refractivity contribution in [1.82, 2.24) is 10.2 Å². The number of hydrogen-bond acceptors (Lipinski definition) is 5. The van der Waals surface area contributed by atoms with Gasteiger partial charge in [-0.05, 0) is 72.1 Å². The summed E-state index contributed by atoms with van der Waals surface area (Å²) >= 11 is 0. The van der Waals surface area contributed by atoms with Crippen molar-refractivity contribution in [3.8, 4) is 5.75 Å². The first kappa shape index (κ1) is 28.7. The number of aromatic hydroxyl groups is 1. The van der Waals surface area contributed by atoms with Crippen LogP contribution >= 0.6 is 0 Å². The first-order valence-electron chi connectivity index (χ1n) is 12.2. The lowest BCUT2D eigenvalue weighted by atomic mass is 9.97. The monoisotopic (exact) mass is 497 g/mol. The van der Waals surface area contributed by atoms with Crippen molar-refractivity contribution in [2.45, 2.75) is 85.5 Å². The Morgan fingerprint density at radius 2 is 1.61 bits per heavy atom. The lowest BCUT2D eigenvalue weighted by molar-refractivity contribution is -0.143. The quantitative estimate of drug-likeness (QED) is 0.463. The van der Waals surface area contributed by atoms with Gasteiger partial charge in [-0.25, -0.2) is 4.79 Å². The zero-order valence-electron chi connectivity index (χ0n) is 22.5. The first-order chi connectivity index (χ1) is 16.8. The normalized spacial score (nSPS) is 13.8. The average Bonchev–Trinajstić information content (AvgIpc) is 2.78. The van der Waals surface area contributed by atoms with Crippen LogP contribution in [-0.4, -0.2) is 45.6 Å². The highest BCUT2D eigenvalue weighted by molar-refractivity contribution is 5.99. The van der Waals surface area contributed by atoms with Gasteiger partial charge < -0.3 is 25.4 Å². The summed E-state index contributed by atoms with van der Waals surface area (Å²) in [5.41, 5.74) is 1.62. The van der Waals surface area contributed by atoms with E-state index in [9.17, 15) is 19.5 Å². The zero-order valence-corrected chi connectivity index (χ0v) is 22.5. The molecular formula is C28H39N3O5. The second kappa shape index (κ2) is 11.9. The maximum absolute atomic E-state index is 13.8. The van der Waals surface area contributed by atoms with Gasteiger partial charge in [0.05, 0.1) is 0 Å². The molecule has 0 radical (unpaired) electrons. The van der Waals surface area contributed by atoms with Crippen LogP contribution < -0.4 is 10.6 Å². The number of nitrogens with zero attached hydrogens (tertiary/aromatic N) is 1. The molecule has 3 N–H and O–H groups in total. The van der Waals surface area contributed by atoms with Crippen LogP contribution in [0.5, 0.6) is 5.75 Å². The summed E-state index contributed by atoms with van der Waals surface area (Å²) in [5.74, 6) is -0.999. The van der Waals surface area contributed by atoms with Crippen LogP contribution in [0, 0.1) is 13.8 Å². The summed E-state index contributed by atoms with van der Waals surface area (Å²) in [4.78, 5) is 41.4. The number of anilines is 1. The molecule has 3 amide bonds. The van der Waals surface area contributed by atoms with Gasteiger partial charge in [0.25, 0.3) is 5.91 Å². The van der Waals surface area contributed by atoms with Gasteiger partial charge in [0.2, 0.25) is 5.91 Å². The summed E-state index contributed by atoms with van der Waals surface area (Å²) in [7, 11) is 0. The number of nitrogens with one attached hydrogen (secondary N) is 2. The third-order valence-corrected chi connectivity index (χ3v) is 5.92. The molecule has 0 aliphatic rings. The fourth-order valence-corrected chi connectivity index (χ4v) is 3.80. The predicted octanol–water partition coefficient (Wildman–Crippen LogP) is 5.23. The summed E-state index contributed by atoms with van der Waals surface area (Å²) in [6.07, 6.45) is -0.183. The molecule has 2 rings (SSSR count). The Kier molecular flexibility index (Phi) is 9.50. The van der Waals surface area contributed by atoms with E-state index in [1.54, 1.807) is 58.9 Å². The largest absolute Gasteiger partial charge is 0.507 e. The van der Waals surface area contributed by atoms with Gasteiger partial charge >= 0.3 is 6.09 Å². The molecule has 8 nitrogen and oxygen atoms in total.